The standard InChI is InChI=1S/C16H19ClN2S2/c1-12-9-19(6-7-20-12)10-13-4-2-3-5-15(13)16-18-14(8-17)11-21-16/h2-5,11-12H,6-10H2,1H3. The lowest BCUT2D eigenvalue weighted by Gasteiger charge is -2.30. The van der Waals surface area contributed by atoms with Crippen LogP contribution in [-0.4, -0.2) is 34.0 Å². The first-order valence-corrected chi connectivity index (χ1v) is 9.65. The molecule has 1 aliphatic heterocycles. The summed E-state index contributed by atoms with van der Waals surface area (Å²) in [7, 11) is 0. The molecule has 5 heteroatoms. The lowest BCUT2D eigenvalue weighted by molar-refractivity contribution is 0.279. The number of thioether (sulfide) groups is 1. The summed E-state index contributed by atoms with van der Waals surface area (Å²) in [5.41, 5.74) is 3.59. The lowest BCUT2D eigenvalue weighted by atomic mass is 10.1. The van der Waals surface area contributed by atoms with Gasteiger partial charge in [0.2, 0.25) is 0 Å². The van der Waals surface area contributed by atoms with Crippen LogP contribution in [0, 0.1) is 0 Å². The number of hydrogen-bond acceptors (Lipinski definition) is 4. The molecule has 2 heterocycles. The second kappa shape index (κ2) is 7.14. The molecule has 0 radical (unpaired) electrons. The summed E-state index contributed by atoms with van der Waals surface area (Å²) in [4.78, 5) is 7.18. The highest BCUT2D eigenvalue weighted by Crippen LogP contribution is 2.29. The molecular formula is C16H19ClN2S2. The van der Waals surface area contributed by atoms with Gasteiger partial charge in [-0.05, 0) is 5.56 Å². The van der Waals surface area contributed by atoms with Crippen LogP contribution >= 0.6 is 34.7 Å². The predicted octanol–water partition coefficient (Wildman–Crippen LogP) is 4.49. The maximum atomic E-state index is 5.87. The summed E-state index contributed by atoms with van der Waals surface area (Å²) in [5.74, 6) is 1.72. The maximum Gasteiger partial charge on any atom is 0.123 e. The fourth-order valence-corrected chi connectivity index (χ4v) is 4.82. The van der Waals surface area contributed by atoms with E-state index in [0.717, 1.165) is 22.5 Å². The van der Waals surface area contributed by atoms with E-state index in [1.807, 2.05) is 0 Å². The molecule has 1 aromatic heterocycles. The predicted molar refractivity (Wildman–Crippen MR) is 94.3 cm³/mol. The van der Waals surface area contributed by atoms with Gasteiger partial charge >= 0.3 is 0 Å². The van der Waals surface area contributed by atoms with Crippen molar-refractivity contribution in [3.8, 4) is 10.6 Å². The average molecular weight is 339 g/mol. The molecule has 0 amide bonds. The van der Waals surface area contributed by atoms with Gasteiger partial charge in [-0.15, -0.1) is 22.9 Å². The second-order valence-corrected chi connectivity index (χ2v) is 8.02. The summed E-state index contributed by atoms with van der Waals surface area (Å²) in [5, 5.41) is 3.87. The van der Waals surface area contributed by atoms with Crippen LogP contribution in [0.1, 0.15) is 18.2 Å². The van der Waals surface area contributed by atoms with Gasteiger partial charge in [0.25, 0.3) is 0 Å². The Morgan fingerprint density at radius 1 is 1.38 bits per heavy atom. The van der Waals surface area contributed by atoms with Crippen molar-refractivity contribution < 1.29 is 0 Å². The zero-order valence-electron chi connectivity index (χ0n) is 12.1. The van der Waals surface area contributed by atoms with E-state index < -0.39 is 0 Å². The van der Waals surface area contributed by atoms with Gasteiger partial charge in [0.05, 0.1) is 11.6 Å². The Hall–Kier alpha value is -0.550. The molecule has 21 heavy (non-hydrogen) atoms. The molecule has 1 fully saturated rings. The molecule has 112 valence electrons. The number of halogens is 1. The fourth-order valence-electron chi connectivity index (χ4n) is 2.63. The molecule has 1 unspecified atom stereocenters. The van der Waals surface area contributed by atoms with E-state index >= 15 is 0 Å². The van der Waals surface area contributed by atoms with Crippen LogP contribution in [-0.2, 0) is 12.4 Å². The molecular weight excluding hydrogens is 320 g/mol. The quantitative estimate of drug-likeness (QED) is 0.764. The van der Waals surface area contributed by atoms with Gasteiger partial charge in [0, 0.05) is 41.6 Å². The second-order valence-electron chi connectivity index (χ2n) is 5.35. The van der Waals surface area contributed by atoms with E-state index in [9.17, 15) is 0 Å². The van der Waals surface area contributed by atoms with Gasteiger partial charge in [-0.2, -0.15) is 11.8 Å². The maximum absolute atomic E-state index is 5.87. The topological polar surface area (TPSA) is 16.1 Å². The van der Waals surface area contributed by atoms with Crippen molar-refractivity contribution in [1.29, 1.82) is 0 Å². The Kier molecular flexibility index (Phi) is 5.22. The van der Waals surface area contributed by atoms with Crippen LogP contribution in [0.25, 0.3) is 10.6 Å². The molecule has 0 aliphatic carbocycles. The minimum atomic E-state index is 0.486. The van der Waals surface area contributed by atoms with Crippen LogP contribution in [0.15, 0.2) is 29.6 Å². The van der Waals surface area contributed by atoms with Crippen molar-refractivity contribution in [2.75, 3.05) is 18.8 Å². The smallest absolute Gasteiger partial charge is 0.123 e. The highest BCUT2D eigenvalue weighted by atomic mass is 35.5. The van der Waals surface area contributed by atoms with E-state index in [2.05, 4.69) is 58.2 Å². The largest absolute Gasteiger partial charge is 0.297 e. The number of alkyl halides is 1. The monoisotopic (exact) mass is 338 g/mol. The van der Waals surface area contributed by atoms with Crippen LogP contribution < -0.4 is 0 Å². The van der Waals surface area contributed by atoms with Crippen molar-refractivity contribution in [3.63, 3.8) is 0 Å². The van der Waals surface area contributed by atoms with Gasteiger partial charge < -0.3 is 0 Å². The number of aromatic nitrogens is 1. The molecule has 0 N–H and O–H groups in total. The van der Waals surface area contributed by atoms with Gasteiger partial charge in [-0.3, -0.25) is 4.90 Å². The zero-order valence-corrected chi connectivity index (χ0v) is 14.5. The van der Waals surface area contributed by atoms with Crippen molar-refractivity contribution in [2.45, 2.75) is 24.6 Å². The third-order valence-corrected chi connectivity index (χ3v) is 5.99. The molecule has 0 spiro atoms. The Labute approximate surface area is 139 Å². The number of thiazole rings is 1. The summed E-state index contributed by atoms with van der Waals surface area (Å²) < 4.78 is 0. The van der Waals surface area contributed by atoms with E-state index in [4.69, 9.17) is 11.6 Å². The highest BCUT2D eigenvalue weighted by Gasteiger charge is 2.18. The minimum Gasteiger partial charge on any atom is -0.297 e. The first-order chi connectivity index (χ1) is 10.3. The summed E-state index contributed by atoms with van der Waals surface area (Å²) >= 11 is 9.63. The molecule has 1 aromatic carbocycles. The number of hydrogen-bond donors (Lipinski definition) is 0. The summed E-state index contributed by atoms with van der Waals surface area (Å²) in [6, 6.07) is 8.62. The van der Waals surface area contributed by atoms with Crippen LogP contribution in [0.2, 0.25) is 0 Å². The molecule has 1 atom stereocenters. The van der Waals surface area contributed by atoms with Gasteiger partial charge in [0.1, 0.15) is 5.01 Å². The first kappa shape index (κ1) is 15.3. The van der Waals surface area contributed by atoms with Crippen molar-refractivity contribution >= 4 is 34.7 Å². The van der Waals surface area contributed by atoms with E-state index in [0.29, 0.717) is 5.88 Å². The van der Waals surface area contributed by atoms with Gasteiger partial charge in [-0.1, -0.05) is 31.2 Å². The lowest BCUT2D eigenvalue weighted by Crippen LogP contribution is -2.36. The summed E-state index contributed by atoms with van der Waals surface area (Å²) in [6.07, 6.45) is 0. The third-order valence-electron chi connectivity index (χ3n) is 3.66. The molecule has 0 bridgehead atoms. The minimum absolute atomic E-state index is 0.486. The summed E-state index contributed by atoms with van der Waals surface area (Å²) in [6.45, 7) is 5.67. The van der Waals surface area contributed by atoms with Crippen LogP contribution in [0.5, 0.6) is 0 Å². The van der Waals surface area contributed by atoms with Crippen molar-refractivity contribution in [3.05, 3.63) is 40.9 Å². The normalized spacial score (nSPS) is 19.8. The SMILES string of the molecule is CC1CN(Cc2ccccc2-c2nc(CCl)cs2)CCS1. The molecule has 1 saturated heterocycles. The molecule has 1 aliphatic rings. The Morgan fingerprint density at radius 3 is 3.00 bits per heavy atom. The van der Waals surface area contributed by atoms with Crippen molar-refractivity contribution in [1.82, 2.24) is 9.88 Å². The fraction of sp³-hybridized carbons (Fsp3) is 0.438. The third kappa shape index (κ3) is 3.81. The average Bonchev–Trinajstić information content (AvgIpc) is 2.97. The van der Waals surface area contributed by atoms with Crippen LogP contribution in [0.3, 0.4) is 0 Å². The van der Waals surface area contributed by atoms with Crippen LogP contribution in [0.4, 0.5) is 0 Å². The first-order valence-electron chi connectivity index (χ1n) is 7.19. The Balaban J connectivity index is 1.82. The van der Waals surface area contributed by atoms with E-state index in [1.54, 1.807) is 11.3 Å². The Bertz CT molecular complexity index is 599. The van der Waals surface area contributed by atoms with E-state index in [-0.39, 0.29) is 0 Å². The number of nitrogens with zero attached hydrogens (tertiary/aromatic N) is 2. The molecule has 2 nitrogen and oxygen atoms in total. The van der Waals surface area contributed by atoms with E-state index in [1.165, 1.54) is 30.0 Å². The number of rotatable bonds is 4. The number of benzene rings is 1. The molecule has 0 saturated carbocycles. The van der Waals surface area contributed by atoms with Gasteiger partial charge in [0.15, 0.2) is 0 Å². The Morgan fingerprint density at radius 2 is 2.24 bits per heavy atom. The highest BCUT2D eigenvalue weighted by molar-refractivity contribution is 7.99. The molecule has 2 aromatic rings. The molecule has 3 rings (SSSR count). The zero-order chi connectivity index (χ0) is 14.7. The van der Waals surface area contributed by atoms with Gasteiger partial charge in [-0.25, -0.2) is 4.98 Å². The van der Waals surface area contributed by atoms with Crippen molar-refractivity contribution in [2.24, 2.45) is 0 Å².